The van der Waals surface area contributed by atoms with E-state index in [1.807, 2.05) is 43.6 Å². The van der Waals surface area contributed by atoms with Gasteiger partial charge in [-0.05, 0) is 31.4 Å². The van der Waals surface area contributed by atoms with Crippen LogP contribution >= 0.6 is 11.3 Å². The van der Waals surface area contributed by atoms with Crippen molar-refractivity contribution in [2.45, 2.75) is 58.2 Å². The molecule has 0 bridgehead atoms. The van der Waals surface area contributed by atoms with Crippen molar-refractivity contribution in [3.05, 3.63) is 58.6 Å². The highest BCUT2D eigenvalue weighted by molar-refractivity contribution is 7.13. The van der Waals surface area contributed by atoms with Crippen LogP contribution in [0.2, 0.25) is 0 Å². The molecule has 8 nitrogen and oxygen atoms in total. The van der Waals surface area contributed by atoms with Crippen LogP contribution < -0.4 is 5.32 Å². The number of rotatable bonds is 7. The molecule has 3 aromatic rings. The van der Waals surface area contributed by atoms with Gasteiger partial charge in [-0.15, -0.1) is 11.3 Å². The van der Waals surface area contributed by atoms with Crippen molar-refractivity contribution in [2.24, 2.45) is 0 Å². The fourth-order valence-electron chi connectivity index (χ4n) is 4.21. The van der Waals surface area contributed by atoms with Crippen molar-refractivity contribution in [1.82, 2.24) is 20.4 Å². The smallest absolute Gasteiger partial charge is 0.243 e. The van der Waals surface area contributed by atoms with Gasteiger partial charge in [-0.2, -0.15) is 0 Å². The van der Waals surface area contributed by atoms with E-state index in [4.69, 9.17) is 4.52 Å². The second-order valence-electron chi connectivity index (χ2n) is 8.41. The van der Waals surface area contributed by atoms with Crippen LogP contribution in [0, 0.1) is 13.8 Å². The number of benzene rings is 1. The van der Waals surface area contributed by atoms with Crippen LogP contribution in [0.4, 0.5) is 0 Å². The molecular weight excluding hydrogens is 440 g/mol. The summed E-state index contributed by atoms with van der Waals surface area (Å²) in [5.41, 5.74) is 5.57. The minimum absolute atomic E-state index is 0.128. The van der Waals surface area contributed by atoms with Crippen molar-refractivity contribution >= 4 is 23.2 Å². The van der Waals surface area contributed by atoms with Gasteiger partial charge >= 0.3 is 0 Å². The Hall–Kier alpha value is -3.04. The molecule has 9 heteroatoms. The van der Waals surface area contributed by atoms with Crippen LogP contribution in [0.1, 0.15) is 48.4 Å². The second kappa shape index (κ2) is 9.84. The van der Waals surface area contributed by atoms with Crippen molar-refractivity contribution in [1.29, 1.82) is 0 Å². The molecule has 1 aliphatic heterocycles. The van der Waals surface area contributed by atoms with E-state index in [2.05, 4.69) is 15.5 Å². The van der Waals surface area contributed by atoms with E-state index in [0.29, 0.717) is 24.4 Å². The van der Waals surface area contributed by atoms with Gasteiger partial charge in [0.1, 0.15) is 11.8 Å². The summed E-state index contributed by atoms with van der Waals surface area (Å²) in [5.74, 6) is -0.549. The van der Waals surface area contributed by atoms with E-state index in [1.54, 1.807) is 24.3 Å². The normalized spacial score (nSPS) is 19.0. The first-order valence-electron chi connectivity index (χ1n) is 11.1. The Morgan fingerprint density at radius 2 is 2.06 bits per heavy atom. The van der Waals surface area contributed by atoms with Gasteiger partial charge in [0.15, 0.2) is 0 Å². The van der Waals surface area contributed by atoms with E-state index in [9.17, 15) is 14.7 Å². The number of hydrogen-bond donors (Lipinski definition) is 2. The van der Waals surface area contributed by atoms with Gasteiger partial charge in [-0.1, -0.05) is 36.3 Å². The van der Waals surface area contributed by atoms with E-state index in [1.165, 1.54) is 4.90 Å². The molecule has 1 fully saturated rings. The average molecular weight is 469 g/mol. The van der Waals surface area contributed by atoms with Crippen molar-refractivity contribution in [3.8, 4) is 10.4 Å². The molecule has 0 saturated carbocycles. The minimum atomic E-state index is -0.736. The van der Waals surface area contributed by atoms with Gasteiger partial charge < -0.3 is 19.8 Å². The summed E-state index contributed by atoms with van der Waals surface area (Å²) in [6.45, 7) is 6.14. The highest BCUT2D eigenvalue weighted by Gasteiger charge is 2.41. The molecule has 0 spiro atoms. The number of likely N-dealkylation sites (tertiary alicyclic amines) is 1. The Bertz CT molecular complexity index is 1120. The number of nitrogens with zero attached hydrogens (tertiary/aromatic N) is 3. The van der Waals surface area contributed by atoms with Crippen LogP contribution in [0.3, 0.4) is 0 Å². The molecule has 2 N–H and O–H groups in total. The topological polar surface area (TPSA) is 109 Å². The molecule has 0 radical (unpaired) electrons. The third-order valence-electron chi connectivity index (χ3n) is 5.99. The number of aliphatic hydroxyl groups is 1. The maximum Gasteiger partial charge on any atom is 0.243 e. The molecule has 3 atom stereocenters. The molecule has 4 rings (SSSR count). The summed E-state index contributed by atoms with van der Waals surface area (Å²) < 4.78 is 5.31. The number of β-amino-alcohol motifs (C(OH)–C–C–N with tert-alkyl or cyclic N) is 1. The first kappa shape index (κ1) is 23.1. The SMILES string of the molecule is CCC(C(=O)N1CC(O)CC1C(=O)NCc1ccc(-c2scnc2C)cc1)c1cc(C)no1. The van der Waals surface area contributed by atoms with Crippen LogP contribution in [0.25, 0.3) is 10.4 Å². The molecule has 1 aliphatic rings. The van der Waals surface area contributed by atoms with Gasteiger partial charge in [0, 0.05) is 25.6 Å². The van der Waals surface area contributed by atoms with Gasteiger partial charge in [0.25, 0.3) is 0 Å². The number of nitrogens with one attached hydrogen (secondary N) is 1. The van der Waals surface area contributed by atoms with Gasteiger partial charge in [-0.3, -0.25) is 9.59 Å². The number of thiazole rings is 1. The highest BCUT2D eigenvalue weighted by atomic mass is 32.1. The van der Waals surface area contributed by atoms with Crippen LogP contribution in [0.5, 0.6) is 0 Å². The maximum absolute atomic E-state index is 13.2. The Morgan fingerprint density at radius 1 is 1.30 bits per heavy atom. The summed E-state index contributed by atoms with van der Waals surface area (Å²) in [6.07, 6.45) is -0.00638. The van der Waals surface area contributed by atoms with E-state index in [0.717, 1.165) is 21.7 Å². The molecule has 3 heterocycles. The number of aliphatic hydroxyl groups excluding tert-OH is 1. The summed E-state index contributed by atoms with van der Waals surface area (Å²) in [5, 5.41) is 17.0. The van der Waals surface area contributed by atoms with Crippen LogP contribution in [0.15, 0.2) is 40.4 Å². The van der Waals surface area contributed by atoms with Crippen molar-refractivity contribution in [3.63, 3.8) is 0 Å². The zero-order valence-electron chi connectivity index (χ0n) is 18.9. The van der Waals surface area contributed by atoms with Crippen molar-refractivity contribution < 1.29 is 19.2 Å². The second-order valence-corrected chi connectivity index (χ2v) is 9.26. The fraction of sp³-hybridized carbons (Fsp3) is 0.417. The molecule has 1 aromatic carbocycles. The maximum atomic E-state index is 13.2. The van der Waals surface area contributed by atoms with E-state index in [-0.39, 0.29) is 24.8 Å². The highest BCUT2D eigenvalue weighted by Crippen LogP contribution is 2.29. The zero-order chi connectivity index (χ0) is 23.5. The summed E-state index contributed by atoms with van der Waals surface area (Å²) in [4.78, 5) is 33.1. The number of aryl methyl sites for hydroxylation is 2. The molecule has 3 unspecified atom stereocenters. The lowest BCUT2D eigenvalue weighted by atomic mass is 10.0. The predicted molar refractivity (Wildman–Crippen MR) is 125 cm³/mol. The van der Waals surface area contributed by atoms with Crippen molar-refractivity contribution in [2.75, 3.05) is 6.54 Å². The number of carbonyl (C=O) groups excluding carboxylic acids is 2. The van der Waals surface area contributed by atoms with Crippen LogP contribution in [-0.4, -0.2) is 50.7 Å². The summed E-state index contributed by atoms with van der Waals surface area (Å²) in [7, 11) is 0. The Morgan fingerprint density at radius 3 is 2.67 bits per heavy atom. The van der Waals surface area contributed by atoms with Crippen LogP contribution in [-0.2, 0) is 16.1 Å². The summed E-state index contributed by atoms with van der Waals surface area (Å²) in [6, 6.07) is 9.00. The lowest BCUT2D eigenvalue weighted by molar-refractivity contribution is -0.140. The Kier molecular flexibility index (Phi) is 6.90. The van der Waals surface area contributed by atoms with Gasteiger partial charge in [0.05, 0.1) is 33.8 Å². The third-order valence-corrected chi connectivity index (χ3v) is 6.97. The first-order valence-corrected chi connectivity index (χ1v) is 11.9. The molecule has 33 heavy (non-hydrogen) atoms. The Labute approximate surface area is 196 Å². The number of hydrogen-bond acceptors (Lipinski definition) is 7. The fourth-order valence-corrected chi connectivity index (χ4v) is 5.02. The number of aromatic nitrogens is 2. The zero-order valence-corrected chi connectivity index (χ0v) is 19.8. The predicted octanol–water partition coefficient (Wildman–Crippen LogP) is 3.19. The molecule has 174 valence electrons. The van der Waals surface area contributed by atoms with Gasteiger partial charge in [-0.25, -0.2) is 4.98 Å². The van der Waals surface area contributed by atoms with Gasteiger partial charge in [0.2, 0.25) is 11.8 Å². The summed E-state index contributed by atoms with van der Waals surface area (Å²) >= 11 is 1.60. The minimum Gasteiger partial charge on any atom is -0.391 e. The number of amides is 2. The standard InChI is InChI=1S/C24H28N4O4S/c1-4-19(21-9-14(2)27-32-21)24(31)28-12-18(29)10-20(28)23(30)25-11-16-5-7-17(8-6-16)22-15(3)26-13-33-22/h5-9,13,18-20,29H,4,10-12H2,1-3H3,(H,25,30). The molecule has 2 aromatic heterocycles. The molecular formula is C24H28N4O4S. The quantitative estimate of drug-likeness (QED) is 0.551. The molecule has 0 aliphatic carbocycles. The molecule has 2 amide bonds. The molecule has 1 saturated heterocycles. The first-order chi connectivity index (χ1) is 15.9. The van der Waals surface area contributed by atoms with E-state index < -0.39 is 18.1 Å². The average Bonchev–Trinajstić information content (AvgIpc) is 3.53. The number of carbonyl (C=O) groups is 2. The lowest BCUT2D eigenvalue weighted by Crippen LogP contribution is -2.47. The van der Waals surface area contributed by atoms with E-state index >= 15 is 0 Å². The third kappa shape index (κ3) is 4.99. The lowest BCUT2D eigenvalue weighted by Gasteiger charge is -2.26. The Balaban J connectivity index is 1.41. The largest absolute Gasteiger partial charge is 0.391 e. The monoisotopic (exact) mass is 468 g/mol.